The fraction of sp³-hybridized carbons (Fsp3) is 0.727. The maximum absolute atomic E-state index is 10.8. The smallest absolute Gasteiger partial charge is 0.331 e. The van der Waals surface area contributed by atoms with Gasteiger partial charge in [-0.15, -0.1) is 0 Å². The maximum atomic E-state index is 10.8. The molecule has 0 aliphatic carbocycles. The van der Waals surface area contributed by atoms with Crippen molar-refractivity contribution in [1.82, 2.24) is 0 Å². The lowest BCUT2D eigenvalue weighted by Crippen LogP contribution is -2.03. The second kappa shape index (κ2) is 6.70. The van der Waals surface area contributed by atoms with Crippen LogP contribution in [0.5, 0.6) is 0 Å². The van der Waals surface area contributed by atoms with E-state index in [2.05, 4.69) is 6.92 Å². The molecule has 1 N–H and O–H groups in total. The molecule has 0 fully saturated rings. The zero-order valence-electron chi connectivity index (χ0n) is 8.84. The monoisotopic (exact) mass is 184 g/mol. The van der Waals surface area contributed by atoms with Crippen LogP contribution in [0.4, 0.5) is 0 Å². The van der Waals surface area contributed by atoms with E-state index in [4.69, 9.17) is 5.11 Å². The number of carboxylic acid groups (broad SMARTS) is 1. The van der Waals surface area contributed by atoms with Gasteiger partial charge in [0.1, 0.15) is 0 Å². The molecular weight excluding hydrogens is 164 g/mol. The van der Waals surface area contributed by atoms with Gasteiger partial charge in [-0.3, -0.25) is 0 Å². The Morgan fingerprint density at radius 3 is 2.46 bits per heavy atom. The Labute approximate surface area is 80.7 Å². The van der Waals surface area contributed by atoms with Crippen LogP contribution in [0.3, 0.4) is 0 Å². The van der Waals surface area contributed by atoms with E-state index in [9.17, 15) is 4.79 Å². The lowest BCUT2D eigenvalue weighted by atomic mass is 10.0. The summed E-state index contributed by atoms with van der Waals surface area (Å²) < 4.78 is 0. The van der Waals surface area contributed by atoms with Crippen LogP contribution in [0.2, 0.25) is 0 Å². The van der Waals surface area contributed by atoms with E-state index in [0.717, 1.165) is 19.3 Å². The van der Waals surface area contributed by atoms with E-state index in [0.29, 0.717) is 17.9 Å². The lowest BCUT2D eigenvalue weighted by Gasteiger charge is -2.05. The second-order valence-electron chi connectivity index (χ2n) is 3.77. The van der Waals surface area contributed by atoms with Crippen molar-refractivity contribution in [3.8, 4) is 0 Å². The first kappa shape index (κ1) is 12.2. The summed E-state index contributed by atoms with van der Waals surface area (Å²) >= 11 is 0. The maximum Gasteiger partial charge on any atom is 0.331 e. The summed E-state index contributed by atoms with van der Waals surface area (Å²) in [4.78, 5) is 10.8. The first-order valence-corrected chi connectivity index (χ1v) is 5.00. The van der Waals surface area contributed by atoms with Gasteiger partial charge in [0, 0.05) is 5.57 Å². The van der Waals surface area contributed by atoms with Crippen molar-refractivity contribution in [2.24, 2.45) is 5.92 Å². The fourth-order valence-corrected chi connectivity index (χ4v) is 1.18. The predicted octanol–water partition coefficient (Wildman–Crippen LogP) is 3.23. The Balaban J connectivity index is 4.07. The topological polar surface area (TPSA) is 37.3 Å². The third kappa shape index (κ3) is 6.38. The lowest BCUT2D eigenvalue weighted by molar-refractivity contribution is -0.132. The number of carbonyl (C=O) groups is 1. The number of rotatable bonds is 6. The minimum absolute atomic E-state index is 0.420. The van der Waals surface area contributed by atoms with Crippen LogP contribution in [0.1, 0.15) is 46.5 Å². The highest BCUT2D eigenvalue weighted by Crippen LogP contribution is 2.12. The molecule has 0 unspecified atom stereocenters. The van der Waals surface area contributed by atoms with Crippen molar-refractivity contribution in [3.63, 3.8) is 0 Å². The summed E-state index contributed by atoms with van der Waals surface area (Å²) in [7, 11) is 0. The van der Waals surface area contributed by atoms with Gasteiger partial charge in [-0.1, -0.05) is 39.7 Å². The Bertz CT molecular complexity index is 181. The number of hydrogen-bond donors (Lipinski definition) is 1. The summed E-state index contributed by atoms with van der Waals surface area (Å²) in [6.45, 7) is 6.18. The standard InChI is InChI=1S/C11H20O2/c1-4-5-6-7-10(11(12)13)8-9(2)3/h7,9H,4-6,8H2,1-3H3,(H,12,13). The van der Waals surface area contributed by atoms with Crippen molar-refractivity contribution in [1.29, 1.82) is 0 Å². The number of hydrogen-bond acceptors (Lipinski definition) is 1. The van der Waals surface area contributed by atoms with Crippen LogP contribution in [-0.4, -0.2) is 11.1 Å². The SMILES string of the molecule is CCCCC=C(CC(C)C)C(=O)O. The highest BCUT2D eigenvalue weighted by Gasteiger charge is 2.08. The highest BCUT2D eigenvalue weighted by molar-refractivity contribution is 5.86. The average Bonchev–Trinajstić information content (AvgIpc) is 2.02. The third-order valence-electron chi connectivity index (χ3n) is 1.85. The van der Waals surface area contributed by atoms with Crippen molar-refractivity contribution in [3.05, 3.63) is 11.6 Å². The van der Waals surface area contributed by atoms with E-state index in [1.165, 1.54) is 0 Å². The fourth-order valence-electron chi connectivity index (χ4n) is 1.18. The van der Waals surface area contributed by atoms with Gasteiger partial charge >= 0.3 is 5.97 Å². The molecular formula is C11H20O2. The molecule has 0 amide bonds. The third-order valence-corrected chi connectivity index (χ3v) is 1.85. The zero-order chi connectivity index (χ0) is 10.3. The van der Waals surface area contributed by atoms with E-state index < -0.39 is 5.97 Å². The first-order chi connectivity index (χ1) is 6.07. The van der Waals surface area contributed by atoms with Crippen LogP contribution in [0.15, 0.2) is 11.6 Å². The minimum Gasteiger partial charge on any atom is -0.478 e. The van der Waals surface area contributed by atoms with E-state index >= 15 is 0 Å². The Hall–Kier alpha value is -0.790. The van der Waals surface area contributed by atoms with Gasteiger partial charge in [0.2, 0.25) is 0 Å². The van der Waals surface area contributed by atoms with Crippen LogP contribution in [-0.2, 0) is 4.79 Å². The van der Waals surface area contributed by atoms with Gasteiger partial charge in [0.15, 0.2) is 0 Å². The molecule has 0 atom stereocenters. The molecule has 0 heterocycles. The predicted molar refractivity (Wildman–Crippen MR) is 54.7 cm³/mol. The molecule has 0 aliphatic heterocycles. The molecule has 0 aromatic rings. The summed E-state index contributed by atoms with van der Waals surface area (Å²) in [5.41, 5.74) is 0.573. The second-order valence-corrected chi connectivity index (χ2v) is 3.77. The van der Waals surface area contributed by atoms with E-state index in [1.807, 2.05) is 19.9 Å². The van der Waals surface area contributed by atoms with Crippen molar-refractivity contribution < 1.29 is 9.90 Å². The Morgan fingerprint density at radius 2 is 2.08 bits per heavy atom. The van der Waals surface area contributed by atoms with Gasteiger partial charge in [-0.25, -0.2) is 4.79 Å². The molecule has 0 saturated carbocycles. The van der Waals surface area contributed by atoms with Crippen LogP contribution in [0.25, 0.3) is 0 Å². The van der Waals surface area contributed by atoms with Gasteiger partial charge < -0.3 is 5.11 Å². The highest BCUT2D eigenvalue weighted by atomic mass is 16.4. The van der Waals surface area contributed by atoms with E-state index in [-0.39, 0.29) is 0 Å². The number of aliphatic carboxylic acids is 1. The Kier molecular flexibility index (Phi) is 6.29. The number of allylic oxidation sites excluding steroid dienone is 1. The quantitative estimate of drug-likeness (QED) is 0.508. The molecule has 0 bridgehead atoms. The van der Waals surface area contributed by atoms with Gasteiger partial charge in [-0.2, -0.15) is 0 Å². The minimum atomic E-state index is -0.759. The molecule has 0 aromatic carbocycles. The molecule has 13 heavy (non-hydrogen) atoms. The van der Waals surface area contributed by atoms with Crippen molar-refractivity contribution in [2.75, 3.05) is 0 Å². The van der Waals surface area contributed by atoms with Gasteiger partial charge in [-0.05, 0) is 18.8 Å². The number of carboxylic acids is 1. The molecule has 0 radical (unpaired) electrons. The molecule has 0 aromatic heterocycles. The number of unbranched alkanes of at least 4 members (excludes halogenated alkanes) is 2. The first-order valence-electron chi connectivity index (χ1n) is 5.00. The molecule has 2 heteroatoms. The van der Waals surface area contributed by atoms with E-state index in [1.54, 1.807) is 0 Å². The van der Waals surface area contributed by atoms with Gasteiger partial charge in [0.05, 0.1) is 0 Å². The molecule has 0 spiro atoms. The summed E-state index contributed by atoms with van der Waals surface area (Å²) in [5, 5.41) is 8.85. The van der Waals surface area contributed by atoms with Crippen LogP contribution >= 0.6 is 0 Å². The van der Waals surface area contributed by atoms with Crippen molar-refractivity contribution in [2.45, 2.75) is 46.5 Å². The van der Waals surface area contributed by atoms with Gasteiger partial charge in [0.25, 0.3) is 0 Å². The Morgan fingerprint density at radius 1 is 1.46 bits per heavy atom. The molecule has 0 saturated heterocycles. The zero-order valence-corrected chi connectivity index (χ0v) is 8.84. The van der Waals surface area contributed by atoms with Crippen LogP contribution < -0.4 is 0 Å². The molecule has 0 rings (SSSR count). The molecule has 2 nitrogen and oxygen atoms in total. The van der Waals surface area contributed by atoms with Crippen LogP contribution in [0, 0.1) is 5.92 Å². The average molecular weight is 184 g/mol. The van der Waals surface area contributed by atoms with Crippen molar-refractivity contribution >= 4 is 5.97 Å². The summed E-state index contributed by atoms with van der Waals surface area (Å²) in [6, 6.07) is 0. The summed E-state index contributed by atoms with van der Waals surface area (Å²) in [5.74, 6) is -0.339. The summed E-state index contributed by atoms with van der Waals surface area (Å²) in [6.07, 6.45) is 5.63. The normalized spacial score (nSPS) is 12.2. The molecule has 76 valence electrons. The largest absolute Gasteiger partial charge is 0.478 e. The molecule has 0 aliphatic rings.